The van der Waals surface area contributed by atoms with Gasteiger partial charge in [0.15, 0.2) is 0 Å². The zero-order chi connectivity index (χ0) is 39.3. The van der Waals surface area contributed by atoms with Gasteiger partial charge < -0.3 is 15.5 Å². The van der Waals surface area contributed by atoms with Crippen LogP contribution in [0.2, 0.25) is 0 Å². The number of carbonyl (C=O) groups excluding carboxylic acids is 1. The highest BCUT2D eigenvalue weighted by atomic mass is 16.3. The van der Waals surface area contributed by atoms with Crippen molar-refractivity contribution < 1.29 is 15.0 Å². The second-order valence-electron chi connectivity index (χ2n) is 14.0. The first-order valence-electron chi connectivity index (χ1n) is 21.7. The number of nitrogens with one attached hydrogen (secondary N) is 1. The predicted molar refractivity (Wildman–Crippen MR) is 239 cm³/mol. The summed E-state index contributed by atoms with van der Waals surface area (Å²) in [6.07, 6.45) is 68.7. The number of unbranched alkanes of at least 4 members (excludes halogenated alkanes) is 12. The summed E-state index contributed by atoms with van der Waals surface area (Å²) in [4.78, 5) is 12.4. The molecule has 0 heterocycles. The molecule has 2 atom stereocenters. The lowest BCUT2D eigenvalue weighted by molar-refractivity contribution is -0.123. The summed E-state index contributed by atoms with van der Waals surface area (Å²) in [6.45, 7) is 4.14. The van der Waals surface area contributed by atoms with Crippen molar-refractivity contribution in [3.8, 4) is 0 Å². The number of amides is 1. The first-order chi connectivity index (χ1) is 26.7. The molecule has 0 bridgehead atoms. The van der Waals surface area contributed by atoms with Crippen molar-refractivity contribution in [1.82, 2.24) is 5.32 Å². The lowest BCUT2D eigenvalue weighted by atomic mass is 10.1. The van der Waals surface area contributed by atoms with Gasteiger partial charge in [0, 0.05) is 6.42 Å². The van der Waals surface area contributed by atoms with Gasteiger partial charge in [0.1, 0.15) is 0 Å². The average molecular weight is 744 g/mol. The highest BCUT2D eigenvalue weighted by Crippen LogP contribution is 2.10. The Morgan fingerprint density at radius 2 is 0.833 bits per heavy atom. The van der Waals surface area contributed by atoms with Crippen molar-refractivity contribution in [3.63, 3.8) is 0 Å². The van der Waals surface area contributed by atoms with Gasteiger partial charge in [0.2, 0.25) is 5.91 Å². The third kappa shape index (κ3) is 40.0. The Hall–Kier alpha value is -3.21. The Bertz CT molecular complexity index is 1120. The molecule has 0 aliphatic rings. The van der Waals surface area contributed by atoms with Crippen LogP contribution in [0, 0.1) is 0 Å². The molecule has 0 aromatic heterocycles. The highest BCUT2D eigenvalue weighted by molar-refractivity contribution is 5.76. The maximum absolute atomic E-state index is 12.4. The largest absolute Gasteiger partial charge is 0.394 e. The zero-order valence-electron chi connectivity index (χ0n) is 34.7. The van der Waals surface area contributed by atoms with E-state index in [9.17, 15) is 15.0 Å². The molecule has 3 N–H and O–H groups in total. The van der Waals surface area contributed by atoms with Gasteiger partial charge in [0.05, 0.1) is 18.8 Å². The third-order valence-electron chi connectivity index (χ3n) is 8.91. The van der Waals surface area contributed by atoms with Gasteiger partial charge in [-0.15, -0.1) is 0 Å². The molecule has 2 unspecified atom stereocenters. The lowest BCUT2D eigenvalue weighted by Gasteiger charge is -2.19. The highest BCUT2D eigenvalue weighted by Gasteiger charge is 2.17. The number of allylic oxidation sites excluding steroid dienone is 19. The first kappa shape index (κ1) is 50.8. The molecular formula is C50H81NO3. The lowest BCUT2D eigenvalue weighted by Crippen LogP contribution is -2.45. The van der Waals surface area contributed by atoms with Gasteiger partial charge >= 0.3 is 0 Å². The number of carbonyl (C=O) groups is 1. The van der Waals surface area contributed by atoms with Crippen LogP contribution in [-0.4, -0.2) is 34.9 Å². The van der Waals surface area contributed by atoms with Crippen molar-refractivity contribution in [2.45, 2.75) is 180 Å². The standard InChI is InChI=1S/C50H81NO3/c1-3-5-7-9-11-13-15-17-19-21-22-23-24-25-26-27-28-30-32-34-36-38-40-42-44-46-50(54)51-48(47-52)49(53)45-43-41-39-37-35-33-31-29-20-18-16-14-12-10-8-6-4-2/h5,7,11,13,17,19-20,22-23,25-26,28-30,34-37,43,45,48-49,52-53H,3-4,6,8-10,12,14-16,18,21,24,27,31-33,38-42,44,46-47H2,1-2H3,(H,51,54)/b7-5-,13-11-,19-17-,23-22-,26-25-,29-20+,30-28-,36-34-,37-35+,45-43+. The number of hydrogen-bond acceptors (Lipinski definition) is 3. The molecule has 0 saturated carbocycles. The van der Waals surface area contributed by atoms with Crippen LogP contribution in [-0.2, 0) is 4.79 Å². The molecule has 0 rings (SSSR count). The van der Waals surface area contributed by atoms with E-state index < -0.39 is 12.1 Å². The second-order valence-corrected chi connectivity index (χ2v) is 14.0. The fourth-order valence-electron chi connectivity index (χ4n) is 5.60. The van der Waals surface area contributed by atoms with Gasteiger partial charge in [-0.2, -0.15) is 0 Å². The number of aliphatic hydroxyl groups excluding tert-OH is 2. The first-order valence-corrected chi connectivity index (χ1v) is 21.7. The molecule has 0 aromatic rings. The summed E-state index contributed by atoms with van der Waals surface area (Å²) >= 11 is 0. The third-order valence-corrected chi connectivity index (χ3v) is 8.91. The molecule has 1 amide bonds. The van der Waals surface area contributed by atoms with Crippen molar-refractivity contribution >= 4 is 5.91 Å². The van der Waals surface area contributed by atoms with Crippen molar-refractivity contribution in [1.29, 1.82) is 0 Å². The molecular weight excluding hydrogens is 663 g/mol. The molecule has 0 aliphatic carbocycles. The van der Waals surface area contributed by atoms with Crippen LogP contribution in [0.25, 0.3) is 0 Å². The van der Waals surface area contributed by atoms with Crippen LogP contribution in [0.5, 0.6) is 0 Å². The zero-order valence-corrected chi connectivity index (χ0v) is 34.7. The van der Waals surface area contributed by atoms with Crippen LogP contribution in [0.15, 0.2) is 122 Å². The molecule has 0 saturated heterocycles. The average Bonchev–Trinajstić information content (AvgIpc) is 3.18. The molecule has 0 aromatic carbocycles. The summed E-state index contributed by atoms with van der Waals surface area (Å²) in [5.41, 5.74) is 0. The van der Waals surface area contributed by atoms with E-state index in [1.54, 1.807) is 6.08 Å². The van der Waals surface area contributed by atoms with Gasteiger partial charge in [-0.25, -0.2) is 0 Å². The molecule has 4 heteroatoms. The van der Waals surface area contributed by atoms with Crippen LogP contribution >= 0.6 is 0 Å². The Morgan fingerprint density at radius 1 is 0.463 bits per heavy atom. The fraction of sp³-hybridized carbons (Fsp3) is 0.580. The Labute approximate surface area is 333 Å². The number of aliphatic hydroxyl groups is 2. The van der Waals surface area contributed by atoms with Crippen molar-refractivity contribution in [2.75, 3.05) is 6.61 Å². The molecule has 0 radical (unpaired) electrons. The van der Waals surface area contributed by atoms with Crippen molar-refractivity contribution in [2.24, 2.45) is 0 Å². The minimum atomic E-state index is -0.893. The summed E-state index contributed by atoms with van der Waals surface area (Å²) in [5, 5.41) is 22.9. The number of rotatable bonds is 37. The maximum atomic E-state index is 12.4. The van der Waals surface area contributed by atoms with Crippen LogP contribution in [0.3, 0.4) is 0 Å². The van der Waals surface area contributed by atoms with E-state index in [-0.39, 0.29) is 12.5 Å². The van der Waals surface area contributed by atoms with E-state index >= 15 is 0 Å². The maximum Gasteiger partial charge on any atom is 0.220 e. The SMILES string of the molecule is CC/C=C\C/C=C\C/C=C\C/C=C\C/C=C\C/C=C\C/C=C\CCCCCC(=O)NC(CO)C(O)/C=C/CC/C=C/CC/C=C/CCCCCCCCC. The van der Waals surface area contributed by atoms with Gasteiger partial charge in [-0.05, 0) is 103 Å². The predicted octanol–water partition coefficient (Wildman–Crippen LogP) is 13.8. The quantitative estimate of drug-likeness (QED) is 0.0438. The fourth-order valence-corrected chi connectivity index (χ4v) is 5.60. The second kappa shape index (κ2) is 44.2. The van der Waals surface area contributed by atoms with Gasteiger partial charge in [-0.1, -0.05) is 180 Å². The summed E-state index contributed by atoms with van der Waals surface area (Å²) in [7, 11) is 0. The Balaban J connectivity index is 3.80. The van der Waals surface area contributed by atoms with Crippen LogP contribution in [0.1, 0.15) is 168 Å². The van der Waals surface area contributed by atoms with E-state index in [2.05, 4.69) is 129 Å². The van der Waals surface area contributed by atoms with E-state index in [0.29, 0.717) is 6.42 Å². The molecule has 54 heavy (non-hydrogen) atoms. The number of hydrogen-bond donors (Lipinski definition) is 3. The van der Waals surface area contributed by atoms with E-state index in [1.807, 2.05) is 6.08 Å². The molecule has 0 spiro atoms. The molecule has 0 aliphatic heterocycles. The minimum absolute atomic E-state index is 0.117. The van der Waals surface area contributed by atoms with Crippen LogP contribution < -0.4 is 5.32 Å². The Morgan fingerprint density at radius 3 is 1.30 bits per heavy atom. The summed E-state index contributed by atoms with van der Waals surface area (Å²) in [6, 6.07) is -0.672. The van der Waals surface area contributed by atoms with Gasteiger partial charge in [-0.3, -0.25) is 4.79 Å². The molecule has 304 valence electrons. The van der Waals surface area contributed by atoms with E-state index in [4.69, 9.17) is 0 Å². The molecule has 4 nitrogen and oxygen atoms in total. The van der Waals surface area contributed by atoms with Gasteiger partial charge in [0.25, 0.3) is 0 Å². The topological polar surface area (TPSA) is 69.6 Å². The van der Waals surface area contributed by atoms with E-state index in [1.165, 1.54) is 51.4 Å². The van der Waals surface area contributed by atoms with E-state index in [0.717, 1.165) is 96.3 Å². The van der Waals surface area contributed by atoms with Crippen molar-refractivity contribution in [3.05, 3.63) is 122 Å². The summed E-state index contributed by atoms with van der Waals surface area (Å²) in [5.74, 6) is -0.117. The Kier molecular flexibility index (Phi) is 41.6. The smallest absolute Gasteiger partial charge is 0.220 e. The minimum Gasteiger partial charge on any atom is -0.394 e. The van der Waals surface area contributed by atoms with Crippen LogP contribution in [0.4, 0.5) is 0 Å². The summed E-state index contributed by atoms with van der Waals surface area (Å²) < 4.78 is 0. The normalized spacial score (nSPS) is 14.2. The monoisotopic (exact) mass is 744 g/mol. The molecule has 0 fully saturated rings.